The normalized spacial score (nSPS) is 14.3. The zero-order chi connectivity index (χ0) is 68.6. The van der Waals surface area contributed by atoms with Crippen molar-refractivity contribution in [1.82, 2.24) is 0 Å². The van der Waals surface area contributed by atoms with Gasteiger partial charge in [-0.15, -0.1) is 0 Å². The Bertz CT molecular complexity index is 1810. The van der Waals surface area contributed by atoms with Gasteiger partial charge in [-0.3, -0.25) is 37.3 Å². The number of ether oxygens (including phenoxy) is 4. The molecule has 0 saturated carbocycles. The van der Waals surface area contributed by atoms with Gasteiger partial charge >= 0.3 is 39.5 Å². The van der Waals surface area contributed by atoms with Gasteiger partial charge in [-0.1, -0.05) is 330 Å². The van der Waals surface area contributed by atoms with Gasteiger partial charge in [0.2, 0.25) is 0 Å². The summed E-state index contributed by atoms with van der Waals surface area (Å²) in [5.74, 6) is -0.560. The average Bonchev–Trinajstić information content (AvgIpc) is 3.38. The highest BCUT2D eigenvalue weighted by molar-refractivity contribution is 7.47. The molecule has 552 valence electrons. The van der Waals surface area contributed by atoms with Crippen molar-refractivity contribution in [3.05, 3.63) is 0 Å². The highest BCUT2D eigenvalue weighted by Crippen LogP contribution is 2.45. The van der Waals surface area contributed by atoms with Gasteiger partial charge < -0.3 is 33.8 Å². The average molecular weight is 1370 g/mol. The van der Waals surface area contributed by atoms with E-state index in [4.69, 9.17) is 37.0 Å². The first-order valence-electron chi connectivity index (χ1n) is 38.5. The fourth-order valence-electron chi connectivity index (χ4n) is 11.3. The summed E-state index contributed by atoms with van der Waals surface area (Å²) < 4.78 is 68.3. The number of hydrogen-bond acceptors (Lipinski definition) is 15. The Labute approximate surface area is 568 Å². The summed E-state index contributed by atoms with van der Waals surface area (Å²) in [6.07, 6.45) is 52.9. The summed E-state index contributed by atoms with van der Waals surface area (Å²) in [4.78, 5) is 72.6. The molecule has 0 bridgehead atoms. The molecule has 3 unspecified atom stereocenters. The third kappa shape index (κ3) is 67.0. The number of phosphoric acid groups is 2. The Morgan fingerprint density at radius 3 is 0.817 bits per heavy atom. The second-order valence-corrected chi connectivity index (χ2v) is 30.3. The van der Waals surface area contributed by atoms with E-state index in [-0.39, 0.29) is 25.7 Å². The molecule has 0 aliphatic heterocycles. The molecule has 17 nitrogen and oxygen atoms in total. The lowest BCUT2D eigenvalue weighted by atomic mass is 9.99. The van der Waals surface area contributed by atoms with E-state index in [1.807, 2.05) is 0 Å². The molecule has 0 amide bonds. The van der Waals surface area contributed by atoms with Crippen LogP contribution in [0, 0.1) is 11.8 Å². The first-order chi connectivity index (χ1) is 44.9. The summed E-state index contributed by atoms with van der Waals surface area (Å²) in [7, 11) is -9.90. The van der Waals surface area contributed by atoms with Gasteiger partial charge in [0.25, 0.3) is 0 Å². The van der Waals surface area contributed by atoms with Crippen LogP contribution in [-0.2, 0) is 65.4 Å². The molecule has 0 saturated heterocycles. The molecule has 0 fully saturated rings. The van der Waals surface area contributed by atoms with Crippen LogP contribution < -0.4 is 0 Å². The molecule has 3 N–H and O–H groups in total. The number of carbonyl (C=O) groups excluding carboxylic acids is 4. The summed E-state index contributed by atoms with van der Waals surface area (Å²) in [6.45, 7) is 9.55. The minimum Gasteiger partial charge on any atom is -0.462 e. The number of rotatable bonds is 73. The summed E-state index contributed by atoms with van der Waals surface area (Å²) in [5.41, 5.74) is 0. The summed E-state index contributed by atoms with van der Waals surface area (Å²) in [6, 6.07) is 0. The maximum Gasteiger partial charge on any atom is 0.472 e. The number of carbonyl (C=O) groups is 4. The molecule has 0 spiro atoms. The van der Waals surface area contributed by atoms with Crippen LogP contribution in [-0.4, -0.2) is 96.7 Å². The number of unbranched alkanes of at least 4 members (excludes halogenated alkanes) is 42. The fourth-order valence-corrected chi connectivity index (χ4v) is 12.8. The molecule has 0 aliphatic carbocycles. The van der Waals surface area contributed by atoms with Crippen molar-refractivity contribution in [1.29, 1.82) is 0 Å². The third-order valence-electron chi connectivity index (χ3n) is 17.6. The Hall–Kier alpha value is -1.94. The van der Waals surface area contributed by atoms with Crippen LogP contribution in [0.5, 0.6) is 0 Å². The van der Waals surface area contributed by atoms with Crippen molar-refractivity contribution < 1.29 is 80.2 Å². The first-order valence-corrected chi connectivity index (χ1v) is 41.5. The lowest BCUT2D eigenvalue weighted by molar-refractivity contribution is -0.161. The lowest BCUT2D eigenvalue weighted by Gasteiger charge is -2.21. The van der Waals surface area contributed by atoms with Crippen molar-refractivity contribution in [3.8, 4) is 0 Å². The van der Waals surface area contributed by atoms with Crippen molar-refractivity contribution in [3.63, 3.8) is 0 Å². The molecule has 19 heteroatoms. The Morgan fingerprint density at radius 2 is 0.548 bits per heavy atom. The molecule has 0 rings (SSSR count). The minimum atomic E-state index is -4.95. The van der Waals surface area contributed by atoms with Crippen LogP contribution >= 0.6 is 15.6 Å². The van der Waals surface area contributed by atoms with E-state index in [9.17, 15) is 43.2 Å². The van der Waals surface area contributed by atoms with Gasteiger partial charge in [0.1, 0.15) is 19.3 Å². The van der Waals surface area contributed by atoms with Crippen LogP contribution in [0.2, 0.25) is 0 Å². The molecule has 0 aliphatic rings. The monoisotopic (exact) mass is 1370 g/mol. The van der Waals surface area contributed by atoms with Gasteiger partial charge in [-0.05, 0) is 37.5 Å². The van der Waals surface area contributed by atoms with E-state index in [1.165, 1.54) is 186 Å². The van der Waals surface area contributed by atoms with Gasteiger partial charge in [0, 0.05) is 25.7 Å². The van der Waals surface area contributed by atoms with E-state index in [2.05, 4.69) is 41.5 Å². The zero-order valence-corrected chi connectivity index (χ0v) is 62.3. The lowest BCUT2D eigenvalue weighted by Crippen LogP contribution is -2.30. The van der Waals surface area contributed by atoms with E-state index >= 15 is 0 Å². The topological polar surface area (TPSA) is 237 Å². The van der Waals surface area contributed by atoms with Crippen molar-refractivity contribution in [2.24, 2.45) is 11.8 Å². The van der Waals surface area contributed by atoms with Crippen LogP contribution in [0.15, 0.2) is 0 Å². The molecule has 93 heavy (non-hydrogen) atoms. The van der Waals surface area contributed by atoms with Crippen molar-refractivity contribution in [2.45, 2.75) is 400 Å². The molecule has 0 aromatic rings. The highest BCUT2D eigenvalue weighted by atomic mass is 31.2. The molecule has 0 heterocycles. The number of aliphatic hydroxyl groups excluding tert-OH is 1. The minimum absolute atomic E-state index is 0.104. The number of aliphatic hydroxyl groups is 1. The van der Waals surface area contributed by atoms with Crippen LogP contribution in [0.25, 0.3) is 0 Å². The second kappa shape index (κ2) is 66.0. The zero-order valence-electron chi connectivity index (χ0n) is 60.6. The maximum absolute atomic E-state index is 13.1. The predicted octanol–water partition coefficient (Wildman–Crippen LogP) is 21.6. The molecule has 6 atom stereocenters. The Kier molecular flexibility index (Phi) is 64.6. The van der Waals surface area contributed by atoms with E-state index in [0.717, 1.165) is 115 Å². The highest BCUT2D eigenvalue weighted by Gasteiger charge is 2.30. The number of esters is 4. The summed E-state index contributed by atoms with van der Waals surface area (Å²) >= 11 is 0. The van der Waals surface area contributed by atoms with E-state index in [1.54, 1.807) is 0 Å². The molecular weight excluding hydrogens is 1220 g/mol. The van der Waals surface area contributed by atoms with E-state index < -0.39 is 97.5 Å². The van der Waals surface area contributed by atoms with Gasteiger partial charge in [-0.2, -0.15) is 0 Å². The Balaban J connectivity index is 5.19. The third-order valence-corrected chi connectivity index (χ3v) is 19.5. The quantitative estimate of drug-likeness (QED) is 0.0222. The SMILES string of the molecule is CCCCCCCCCCCCCCCCCCCC(=O)OC[C@H](COP(=O)(O)OC[C@@H](O)COP(=O)(O)OC[C@@H](COC(=O)CCCCCCCCC)OC(=O)CCCCCCCCCCC(C)C)OC(=O)CCCCCCCCCCCCCCCCC(C)CC. The Morgan fingerprint density at radius 1 is 0.312 bits per heavy atom. The van der Waals surface area contributed by atoms with E-state index in [0.29, 0.717) is 25.7 Å². The van der Waals surface area contributed by atoms with Crippen molar-refractivity contribution in [2.75, 3.05) is 39.6 Å². The van der Waals surface area contributed by atoms with Gasteiger partial charge in [0.05, 0.1) is 26.4 Å². The first kappa shape index (κ1) is 91.1. The van der Waals surface area contributed by atoms with Crippen LogP contribution in [0.3, 0.4) is 0 Å². The van der Waals surface area contributed by atoms with Crippen molar-refractivity contribution >= 4 is 39.5 Å². The summed E-state index contributed by atoms with van der Waals surface area (Å²) in [5, 5.41) is 10.6. The van der Waals surface area contributed by atoms with Crippen LogP contribution in [0.1, 0.15) is 382 Å². The smallest absolute Gasteiger partial charge is 0.462 e. The molecular formula is C74H144O17P2. The molecule has 0 radical (unpaired) electrons. The number of hydrogen-bond donors (Lipinski definition) is 3. The molecule has 0 aromatic carbocycles. The standard InChI is InChI=1S/C74H144O17P2/c1-7-10-12-14-16-17-18-19-20-21-22-26-29-32-39-45-51-57-72(77)85-63-70(90-73(78)58-52-46-40-33-30-27-24-23-25-28-31-38-43-49-55-67(6)9-3)65-89-93(82,83)87-61-68(75)60-86-92(80,81)88-64-69(62-84-71(76)56-50-44-36-15-13-11-8-2)91-74(79)59-53-47-41-35-34-37-42-48-54-66(4)5/h66-70,75H,7-65H2,1-6H3,(H,80,81)(H,82,83)/t67?,68-,69+,70+/m0/s1. The molecule has 0 aromatic heterocycles. The largest absolute Gasteiger partial charge is 0.472 e. The van der Waals surface area contributed by atoms with Gasteiger partial charge in [-0.25, -0.2) is 9.13 Å². The fraction of sp³-hybridized carbons (Fsp3) is 0.946. The maximum atomic E-state index is 13.1. The predicted molar refractivity (Wildman–Crippen MR) is 377 cm³/mol. The van der Waals surface area contributed by atoms with Gasteiger partial charge in [0.15, 0.2) is 12.2 Å². The van der Waals surface area contributed by atoms with Crippen LogP contribution in [0.4, 0.5) is 0 Å². The second-order valence-electron chi connectivity index (χ2n) is 27.4. The number of phosphoric ester groups is 2.